The molecule has 1 aromatic carbocycles. The van der Waals surface area contributed by atoms with Crippen molar-refractivity contribution in [3.63, 3.8) is 0 Å². The van der Waals surface area contributed by atoms with Crippen molar-refractivity contribution in [3.05, 3.63) is 30.0 Å². The minimum atomic E-state index is -0.0600. The average Bonchev–Trinajstić information content (AvgIpc) is 2.68. The maximum Gasteiger partial charge on any atom is 0.209 e. The number of Topliss-reactive ketones (excluding diaryl/α,β-unsaturated/α-hetero) is 1. The molecule has 0 fully saturated rings. The summed E-state index contributed by atoms with van der Waals surface area (Å²) in [6.45, 7) is 2.73. The Kier molecular flexibility index (Phi) is 3.54. The zero-order valence-electron chi connectivity index (χ0n) is 10.1. The number of rotatable bonds is 5. The Morgan fingerprint density at radius 2 is 2.18 bits per heavy atom. The quantitative estimate of drug-likeness (QED) is 0.586. The van der Waals surface area contributed by atoms with E-state index in [1.807, 2.05) is 38.2 Å². The first kappa shape index (κ1) is 11.8. The number of aryl methyl sites for hydroxylation is 1. The molecule has 2 aromatic rings. The van der Waals surface area contributed by atoms with Crippen LogP contribution in [0.4, 0.5) is 0 Å². The fourth-order valence-electron chi connectivity index (χ4n) is 1.80. The monoisotopic (exact) mass is 232 g/mol. The van der Waals surface area contributed by atoms with Crippen molar-refractivity contribution in [2.24, 2.45) is 7.05 Å². The normalized spacial score (nSPS) is 10.9. The lowest BCUT2D eigenvalue weighted by Crippen LogP contribution is -2.11. The van der Waals surface area contributed by atoms with Crippen LogP contribution < -0.4 is 0 Å². The summed E-state index contributed by atoms with van der Waals surface area (Å²) < 4.78 is 6.98. The molecule has 1 heterocycles. The third kappa shape index (κ3) is 2.36. The molecule has 2 rings (SSSR count). The van der Waals surface area contributed by atoms with Crippen LogP contribution in [0.3, 0.4) is 0 Å². The van der Waals surface area contributed by atoms with E-state index in [9.17, 15) is 4.79 Å². The first-order valence-corrected chi connectivity index (χ1v) is 5.76. The third-order valence-electron chi connectivity index (χ3n) is 2.60. The number of ketones is 1. The molecule has 0 unspecified atom stereocenters. The van der Waals surface area contributed by atoms with E-state index in [2.05, 4.69) is 5.10 Å². The lowest BCUT2D eigenvalue weighted by atomic mass is 10.1. The Bertz CT molecular complexity index is 531. The Morgan fingerprint density at radius 3 is 2.94 bits per heavy atom. The van der Waals surface area contributed by atoms with Gasteiger partial charge in [-0.1, -0.05) is 25.1 Å². The summed E-state index contributed by atoms with van der Waals surface area (Å²) in [5, 5.41) is 5.14. The summed E-state index contributed by atoms with van der Waals surface area (Å²) in [6, 6.07) is 7.71. The number of aromatic nitrogens is 2. The molecule has 0 bridgehead atoms. The van der Waals surface area contributed by atoms with Crippen molar-refractivity contribution in [3.8, 4) is 0 Å². The average molecular weight is 232 g/mol. The topological polar surface area (TPSA) is 44.1 Å². The van der Waals surface area contributed by atoms with E-state index in [0.29, 0.717) is 12.3 Å². The van der Waals surface area contributed by atoms with Crippen LogP contribution in [0.2, 0.25) is 0 Å². The van der Waals surface area contributed by atoms with E-state index < -0.39 is 0 Å². The second kappa shape index (κ2) is 5.10. The van der Waals surface area contributed by atoms with Gasteiger partial charge in [0.05, 0.1) is 5.52 Å². The van der Waals surface area contributed by atoms with Gasteiger partial charge >= 0.3 is 0 Å². The molecule has 17 heavy (non-hydrogen) atoms. The number of benzene rings is 1. The summed E-state index contributed by atoms with van der Waals surface area (Å²) >= 11 is 0. The van der Waals surface area contributed by atoms with Crippen LogP contribution in [0.25, 0.3) is 10.9 Å². The molecule has 0 aliphatic carbocycles. The number of fused-ring (bicyclic) bond motifs is 1. The van der Waals surface area contributed by atoms with E-state index in [4.69, 9.17) is 4.74 Å². The fraction of sp³-hybridized carbons (Fsp3) is 0.385. The van der Waals surface area contributed by atoms with Crippen LogP contribution in [0, 0.1) is 0 Å². The number of hydrogen-bond donors (Lipinski definition) is 0. The molecular weight excluding hydrogens is 216 g/mol. The molecule has 0 aliphatic rings. The van der Waals surface area contributed by atoms with Gasteiger partial charge in [-0.25, -0.2) is 0 Å². The SMILES string of the molecule is CCCOCC(=O)c1nn(C)c2ccccc12. The predicted molar refractivity (Wildman–Crippen MR) is 66.2 cm³/mol. The van der Waals surface area contributed by atoms with Gasteiger partial charge in [0.25, 0.3) is 0 Å². The van der Waals surface area contributed by atoms with Crippen molar-refractivity contribution < 1.29 is 9.53 Å². The molecule has 90 valence electrons. The number of carbonyl (C=O) groups is 1. The van der Waals surface area contributed by atoms with E-state index in [1.54, 1.807) is 4.68 Å². The Labute approximate surface area is 100 Å². The summed E-state index contributed by atoms with van der Waals surface area (Å²) in [5.74, 6) is -0.0600. The van der Waals surface area contributed by atoms with Crippen molar-refractivity contribution in [1.29, 1.82) is 0 Å². The Morgan fingerprint density at radius 1 is 1.41 bits per heavy atom. The highest BCUT2D eigenvalue weighted by Gasteiger charge is 2.15. The van der Waals surface area contributed by atoms with Crippen molar-refractivity contribution in [1.82, 2.24) is 9.78 Å². The van der Waals surface area contributed by atoms with Crippen LogP contribution in [0.5, 0.6) is 0 Å². The van der Waals surface area contributed by atoms with Gasteiger partial charge in [-0.3, -0.25) is 9.48 Å². The standard InChI is InChI=1S/C13H16N2O2/c1-3-8-17-9-12(16)13-10-6-4-5-7-11(10)15(2)14-13/h4-7H,3,8-9H2,1-2H3. The zero-order valence-corrected chi connectivity index (χ0v) is 10.1. The number of para-hydroxylation sites is 1. The van der Waals surface area contributed by atoms with Crippen LogP contribution in [0.15, 0.2) is 24.3 Å². The van der Waals surface area contributed by atoms with Gasteiger partial charge < -0.3 is 4.74 Å². The zero-order chi connectivity index (χ0) is 12.3. The van der Waals surface area contributed by atoms with Crippen LogP contribution >= 0.6 is 0 Å². The molecule has 1 aromatic heterocycles. The van der Waals surface area contributed by atoms with E-state index in [-0.39, 0.29) is 12.4 Å². The number of hydrogen-bond acceptors (Lipinski definition) is 3. The number of carbonyl (C=O) groups excluding carboxylic acids is 1. The molecule has 0 radical (unpaired) electrons. The Balaban J connectivity index is 2.26. The molecule has 0 atom stereocenters. The molecule has 0 saturated carbocycles. The van der Waals surface area contributed by atoms with Crippen LogP contribution in [-0.4, -0.2) is 28.8 Å². The molecule has 4 nitrogen and oxygen atoms in total. The van der Waals surface area contributed by atoms with E-state index >= 15 is 0 Å². The van der Waals surface area contributed by atoms with Gasteiger partial charge in [0.15, 0.2) is 0 Å². The van der Waals surface area contributed by atoms with Gasteiger partial charge in [0.2, 0.25) is 5.78 Å². The molecule has 0 saturated heterocycles. The highest BCUT2D eigenvalue weighted by molar-refractivity contribution is 6.06. The summed E-state index contributed by atoms with van der Waals surface area (Å²) in [7, 11) is 1.84. The summed E-state index contributed by atoms with van der Waals surface area (Å²) in [5.41, 5.74) is 1.46. The minimum Gasteiger partial charge on any atom is -0.373 e. The third-order valence-corrected chi connectivity index (χ3v) is 2.60. The van der Waals surface area contributed by atoms with E-state index in [1.165, 1.54) is 0 Å². The van der Waals surface area contributed by atoms with Gasteiger partial charge in [0.1, 0.15) is 12.3 Å². The maximum absolute atomic E-state index is 11.9. The molecule has 0 aliphatic heterocycles. The van der Waals surface area contributed by atoms with Crippen LogP contribution in [-0.2, 0) is 11.8 Å². The molecule has 0 spiro atoms. The van der Waals surface area contributed by atoms with Gasteiger partial charge in [-0.2, -0.15) is 5.10 Å². The maximum atomic E-state index is 11.9. The second-order valence-corrected chi connectivity index (χ2v) is 3.97. The highest BCUT2D eigenvalue weighted by Crippen LogP contribution is 2.17. The van der Waals surface area contributed by atoms with Gasteiger partial charge in [0, 0.05) is 19.0 Å². The smallest absolute Gasteiger partial charge is 0.209 e. The highest BCUT2D eigenvalue weighted by atomic mass is 16.5. The largest absolute Gasteiger partial charge is 0.373 e. The lowest BCUT2D eigenvalue weighted by molar-refractivity contribution is 0.0757. The van der Waals surface area contributed by atoms with Gasteiger partial charge in [-0.15, -0.1) is 0 Å². The lowest BCUT2D eigenvalue weighted by Gasteiger charge is -1.99. The second-order valence-electron chi connectivity index (χ2n) is 3.97. The molecule has 4 heteroatoms. The van der Waals surface area contributed by atoms with Crippen molar-refractivity contribution >= 4 is 16.7 Å². The van der Waals surface area contributed by atoms with Crippen molar-refractivity contribution in [2.45, 2.75) is 13.3 Å². The summed E-state index contributed by atoms with van der Waals surface area (Å²) in [6.07, 6.45) is 0.913. The van der Waals surface area contributed by atoms with E-state index in [0.717, 1.165) is 17.3 Å². The van der Waals surface area contributed by atoms with Crippen LogP contribution in [0.1, 0.15) is 23.8 Å². The predicted octanol–water partition coefficient (Wildman–Crippen LogP) is 2.18. The van der Waals surface area contributed by atoms with Gasteiger partial charge in [-0.05, 0) is 12.5 Å². The molecule has 0 N–H and O–H groups in total. The molecule has 0 amide bonds. The Hall–Kier alpha value is -1.68. The summed E-state index contributed by atoms with van der Waals surface area (Å²) in [4.78, 5) is 11.9. The number of ether oxygens (including phenoxy) is 1. The first-order chi connectivity index (χ1) is 8.24. The number of nitrogens with zero attached hydrogens (tertiary/aromatic N) is 2. The minimum absolute atomic E-state index is 0.0600. The first-order valence-electron chi connectivity index (χ1n) is 5.76. The molecular formula is C13H16N2O2. The fourth-order valence-corrected chi connectivity index (χ4v) is 1.80. The van der Waals surface area contributed by atoms with Crippen molar-refractivity contribution in [2.75, 3.05) is 13.2 Å².